The van der Waals surface area contributed by atoms with Crippen molar-refractivity contribution in [1.82, 2.24) is 14.9 Å². The largest absolute Gasteiger partial charge is 0.493 e. The van der Waals surface area contributed by atoms with Gasteiger partial charge in [-0.1, -0.05) is 30.3 Å². The first-order chi connectivity index (χ1) is 14.0. The molecule has 1 aromatic heterocycles. The zero-order valence-electron chi connectivity index (χ0n) is 16.5. The van der Waals surface area contributed by atoms with E-state index in [1.54, 1.807) is 19.1 Å². The second-order valence-corrected chi connectivity index (χ2v) is 6.49. The van der Waals surface area contributed by atoms with Crippen molar-refractivity contribution < 1.29 is 19.4 Å². The molecule has 1 heterocycles. The van der Waals surface area contributed by atoms with Gasteiger partial charge in [0.05, 0.1) is 37.8 Å². The molecule has 0 bridgehead atoms. The number of methoxy groups -OCH3 is 2. The highest BCUT2D eigenvalue weighted by molar-refractivity contribution is 5.82. The van der Waals surface area contributed by atoms with Gasteiger partial charge in [0.25, 0.3) is 5.56 Å². The number of carbonyl (C=O) groups excluding carboxylic acids is 1. The summed E-state index contributed by atoms with van der Waals surface area (Å²) < 4.78 is 11.8. The summed E-state index contributed by atoms with van der Waals surface area (Å²) >= 11 is 0. The maximum Gasteiger partial charge on any atom is 0.262 e. The molecule has 2 N–H and O–H groups in total. The van der Waals surface area contributed by atoms with E-state index in [9.17, 15) is 14.7 Å². The van der Waals surface area contributed by atoms with Crippen LogP contribution in [0.4, 0.5) is 0 Å². The number of nitrogens with zero attached hydrogens (tertiary/aromatic N) is 2. The summed E-state index contributed by atoms with van der Waals surface area (Å²) in [6.45, 7) is 1.19. The highest BCUT2D eigenvalue weighted by Crippen LogP contribution is 2.30. The summed E-state index contributed by atoms with van der Waals surface area (Å²) in [7, 11) is 2.99. The van der Waals surface area contributed by atoms with Crippen LogP contribution >= 0.6 is 0 Å². The first-order valence-electron chi connectivity index (χ1n) is 9.06. The van der Waals surface area contributed by atoms with Crippen molar-refractivity contribution in [3.63, 3.8) is 0 Å². The first-order valence-corrected chi connectivity index (χ1v) is 9.06. The van der Waals surface area contributed by atoms with Gasteiger partial charge in [-0.2, -0.15) is 0 Å². The summed E-state index contributed by atoms with van der Waals surface area (Å²) in [4.78, 5) is 30.0. The van der Waals surface area contributed by atoms with Crippen LogP contribution in [0.5, 0.6) is 11.5 Å². The quantitative estimate of drug-likeness (QED) is 0.627. The third-order valence-corrected chi connectivity index (χ3v) is 4.67. The maximum atomic E-state index is 13.0. The number of rotatable bonds is 7. The zero-order chi connectivity index (χ0) is 21.0. The van der Waals surface area contributed by atoms with Crippen molar-refractivity contribution in [2.45, 2.75) is 19.5 Å². The summed E-state index contributed by atoms with van der Waals surface area (Å²) in [5, 5.41) is 12.7. The number of aryl methyl sites for hydroxylation is 1. The molecule has 152 valence electrons. The Bertz CT molecular complexity index is 1080. The Balaban J connectivity index is 1.91. The zero-order valence-corrected chi connectivity index (χ0v) is 16.5. The van der Waals surface area contributed by atoms with Crippen LogP contribution in [0.2, 0.25) is 0 Å². The van der Waals surface area contributed by atoms with Gasteiger partial charge in [-0.05, 0) is 18.6 Å². The summed E-state index contributed by atoms with van der Waals surface area (Å²) in [6, 6.07) is 11.8. The van der Waals surface area contributed by atoms with E-state index < -0.39 is 11.9 Å². The van der Waals surface area contributed by atoms with Crippen LogP contribution in [-0.4, -0.2) is 41.4 Å². The predicted octanol–water partition coefficient (Wildman–Crippen LogP) is 1.57. The average Bonchev–Trinajstić information content (AvgIpc) is 2.74. The molecular formula is C21H23N3O5. The van der Waals surface area contributed by atoms with Crippen molar-refractivity contribution in [1.29, 1.82) is 0 Å². The molecule has 3 rings (SSSR count). The first kappa shape index (κ1) is 20.3. The SMILES string of the molecule is COc1cc2nc(C)n(CC(=O)N[C@H](CO)c3ccccc3)c(=O)c2cc1OC. The number of hydrogen-bond donors (Lipinski definition) is 2. The van der Waals surface area contributed by atoms with Crippen LogP contribution in [0.25, 0.3) is 10.9 Å². The Morgan fingerprint density at radius 1 is 1.17 bits per heavy atom. The third kappa shape index (κ3) is 4.22. The highest BCUT2D eigenvalue weighted by Gasteiger charge is 2.17. The molecule has 0 spiro atoms. The van der Waals surface area contributed by atoms with E-state index in [-0.39, 0.29) is 18.7 Å². The molecule has 0 radical (unpaired) electrons. The average molecular weight is 397 g/mol. The lowest BCUT2D eigenvalue weighted by atomic mass is 10.1. The molecule has 0 saturated heterocycles. The van der Waals surface area contributed by atoms with E-state index in [0.29, 0.717) is 28.2 Å². The van der Waals surface area contributed by atoms with Gasteiger partial charge in [-0.3, -0.25) is 14.2 Å². The fourth-order valence-corrected chi connectivity index (χ4v) is 3.15. The normalized spacial score (nSPS) is 11.9. The Morgan fingerprint density at radius 2 is 1.83 bits per heavy atom. The molecule has 1 amide bonds. The molecule has 2 aromatic carbocycles. The lowest BCUT2D eigenvalue weighted by molar-refractivity contribution is -0.122. The second kappa shape index (κ2) is 8.74. The molecular weight excluding hydrogens is 374 g/mol. The number of benzene rings is 2. The fraction of sp³-hybridized carbons (Fsp3) is 0.286. The Kier molecular flexibility index (Phi) is 6.13. The lowest BCUT2D eigenvalue weighted by Crippen LogP contribution is -2.37. The van der Waals surface area contributed by atoms with Gasteiger partial charge in [-0.25, -0.2) is 4.98 Å². The predicted molar refractivity (Wildman–Crippen MR) is 108 cm³/mol. The van der Waals surface area contributed by atoms with Crippen LogP contribution in [0.3, 0.4) is 0 Å². The van der Waals surface area contributed by atoms with Gasteiger partial charge >= 0.3 is 0 Å². The van der Waals surface area contributed by atoms with Crippen molar-refractivity contribution in [3.8, 4) is 11.5 Å². The molecule has 8 heteroatoms. The Hall–Kier alpha value is -3.39. The number of fused-ring (bicyclic) bond motifs is 1. The van der Waals surface area contributed by atoms with Gasteiger partial charge < -0.3 is 19.9 Å². The van der Waals surface area contributed by atoms with Gasteiger partial charge in [0, 0.05) is 6.07 Å². The number of amides is 1. The van der Waals surface area contributed by atoms with Crippen molar-refractivity contribution in [2.75, 3.05) is 20.8 Å². The third-order valence-electron chi connectivity index (χ3n) is 4.67. The Labute approximate surface area is 167 Å². The molecule has 0 saturated carbocycles. The topological polar surface area (TPSA) is 103 Å². The van der Waals surface area contributed by atoms with E-state index in [1.165, 1.54) is 18.8 Å². The molecule has 8 nitrogen and oxygen atoms in total. The maximum absolute atomic E-state index is 13.0. The van der Waals surface area contributed by atoms with Crippen LogP contribution in [0.1, 0.15) is 17.4 Å². The molecule has 0 aliphatic heterocycles. The van der Waals surface area contributed by atoms with E-state index in [1.807, 2.05) is 30.3 Å². The second-order valence-electron chi connectivity index (χ2n) is 6.49. The molecule has 0 aliphatic rings. The number of aliphatic hydroxyl groups excluding tert-OH is 1. The van der Waals surface area contributed by atoms with Gasteiger partial charge in [0.1, 0.15) is 12.4 Å². The number of ether oxygens (including phenoxy) is 2. The lowest BCUT2D eigenvalue weighted by Gasteiger charge is -2.18. The van der Waals surface area contributed by atoms with Crippen LogP contribution in [-0.2, 0) is 11.3 Å². The van der Waals surface area contributed by atoms with E-state index in [2.05, 4.69) is 10.3 Å². The number of carbonyl (C=O) groups is 1. The van der Waals surface area contributed by atoms with E-state index in [0.717, 1.165) is 5.56 Å². The fourth-order valence-electron chi connectivity index (χ4n) is 3.15. The van der Waals surface area contributed by atoms with Crippen molar-refractivity contribution in [2.24, 2.45) is 0 Å². The van der Waals surface area contributed by atoms with Crippen molar-refractivity contribution >= 4 is 16.8 Å². The van der Waals surface area contributed by atoms with Gasteiger partial charge in [0.15, 0.2) is 11.5 Å². The summed E-state index contributed by atoms with van der Waals surface area (Å²) in [5.41, 5.74) is 0.879. The number of aliphatic hydroxyl groups is 1. The number of nitrogens with one attached hydrogen (secondary N) is 1. The molecule has 0 aliphatic carbocycles. The minimum Gasteiger partial charge on any atom is -0.493 e. The van der Waals surface area contributed by atoms with Crippen molar-refractivity contribution in [3.05, 3.63) is 64.2 Å². The molecule has 0 fully saturated rings. The smallest absolute Gasteiger partial charge is 0.262 e. The van der Waals surface area contributed by atoms with Crippen LogP contribution < -0.4 is 20.3 Å². The van der Waals surface area contributed by atoms with Crippen LogP contribution in [0, 0.1) is 6.92 Å². The number of aromatic nitrogens is 2. The minimum atomic E-state index is -0.558. The molecule has 0 unspecified atom stereocenters. The van der Waals surface area contributed by atoms with E-state index >= 15 is 0 Å². The summed E-state index contributed by atoms with van der Waals surface area (Å²) in [5.74, 6) is 0.864. The van der Waals surface area contributed by atoms with Gasteiger partial charge in [-0.15, -0.1) is 0 Å². The molecule has 29 heavy (non-hydrogen) atoms. The molecule has 3 aromatic rings. The summed E-state index contributed by atoms with van der Waals surface area (Å²) in [6.07, 6.45) is 0. The standard InChI is InChI=1S/C21H23N3O5/c1-13-22-16-10-19(29-3)18(28-2)9-15(16)21(27)24(13)11-20(26)23-17(12-25)14-7-5-4-6-8-14/h4-10,17,25H,11-12H2,1-3H3,(H,23,26)/t17-/m1/s1. The Morgan fingerprint density at radius 3 is 2.45 bits per heavy atom. The minimum absolute atomic E-state index is 0.217. The highest BCUT2D eigenvalue weighted by atomic mass is 16.5. The van der Waals surface area contributed by atoms with E-state index in [4.69, 9.17) is 9.47 Å². The molecule has 1 atom stereocenters. The monoisotopic (exact) mass is 397 g/mol. The van der Waals surface area contributed by atoms with Gasteiger partial charge in [0.2, 0.25) is 5.91 Å². The van der Waals surface area contributed by atoms with Crippen LogP contribution in [0.15, 0.2) is 47.3 Å². The number of hydrogen-bond acceptors (Lipinski definition) is 6.